The minimum Gasteiger partial charge on any atom is -0.474 e. The van der Waals surface area contributed by atoms with E-state index in [0.717, 1.165) is 20.9 Å². The molecule has 8 nitrogen and oxygen atoms in total. The predicted octanol–water partition coefficient (Wildman–Crippen LogP) is 3.92. The van der Waals surface area contributed by atoms with Crippen LogP contribution in [0.3, 0.4) is 0 Å². The first-order valence-corrected chi connectivity index (χ1v) is 9.03. The van der Waals surface area contributed by atoms with Gasteiger partial charge in [-0.3, -0.25) is 9.97 Å². The van der Waals surface area contributed by atoms with E-state index in [4.69, 9.17) is 14.0 Å². The highest BCUT2D eigenvalue weighted by Crippen LogP contribution is 2.32. The monoisotopic (exact) mass is 439 g/mol. The van der Waals surface area contributed by atoms with E-state index in [1.807, 2.05) is 30.3 Å². The molecule has 140 valence electrons. The number of pyridine rings is 2. The molecule has 1 unspecified atom stereocenters. The SMILES string of the molecule is CO/N=C/c1ccnc(C(Oc2cc(Br)c3ncccc3c2)c2nnco2)c1. The third-order valence-electron chi connectivity index (χ3n) is 3.87. The molecule has 0 radical (unpaired) electrons. The second kappa shape index (κ2) is 8.13. The molecule has 0 aliphatic rings. The number of benzene rings is 1. The lowest BCUT2D eigenvalue weighted by atomic mass is 10.1. The van der Waals surface area contributed by atoms with E-state index in [2.05, 4.69) is 41.3 Å². The van der Waals surface area contributed by atoms with E-state index in [0.29, 0.717) is 11.4 Å². The molecule has 28 heavy (non-hydrogen) atoms. The van der Waals surface area contributed by atoms with E-state index in [9.17, 15) is 0 Å². The minimum atomic E-state index is -0.695. The summed E-state index contributed by atoms with van der Waals surface area (Å²) in [5, 5.41) is 12.5. The predicted molar refractivity (Wildman–Crippen MR) is 105 cm³/mol. The summed E-state index contributed by atoms with van der Waals surface area (Å²) in [7, 11) is 1.48. The van der Waals surface area contributed by atoms with Gasteiger partial charge in [-0.15, -0.1) is 10.2 Å². The van der Waals surface area contributed by atoms with Crippen molar-refractivity contribution in [2.45, 2.75) is 6.10 Å². The number of hydrogen-bond donors (Lipinski definition) is 0. The van der Waals surface area contributed by atoms with Gasteiger partial charge in [0.1, 0.15) is 12.9 Å². The summed E-state index contributed by atoms with van der Waals surface area (Å²) in [5.74, 6) is 0.893. The minimum absolute atomic E-state index is 0.288. The molecule has 4 aromatic rings. The maximum absolute atomic E-state index is 6.20. The van der Waals surface area contributed by atoms with E-state index in [-0.39, 0.29) is 5.89 Å². The lowest BCUT2D eigenvalue weighted by Crippen LogP contribution is -2.12. The number of fused-ring (bicyclic) bond motifs is 1. The van der Waals surface area contributed by atoms with Gasteiger partial charge in [-0.1, -0.05) is 11.2 Å². The molecule has 0 amide bonds. The van der Waals surface area contributed by atoms with E-state index in [1.54, 1.807) is 24.7 Å². The quantitative estimate of drug-likeness (QED) is 0.331. The van der Waals surface area contributed by atoms with E-state index in [1.165, 1.54) is 13.5 Å². The second-order valence-corrected chi connectivity index (χ2v) is 6.54. The van der Waals surface area contributed by atoms with Crippen molar-refractivity contribution in [3.05, 3.63) is 76.8 Å². The van der Waals surface area contributed by atoms with Crippen molar-refractivity contribution >= 4 is 33.0 Å². The van der Waals surface area contributed by atoms with Crippen LogP contribution in [-0.4, -0.2) is 33.5 Å². The molecular formula is C19H14BrN5O3. The molecule has 1 aromatic carbocycles. The van der Waals surface area contributed by atoms with Gasteiger partial charge >= 0.3 is 0 Å². The van der Waals surface area contributed by atoms with Crippen molar-refractivity contribution in [3.63, 3.8) is 0 Å². The van der Waals surface area contributed by atoms with Crippen molar-refractivity contribution in [2.75, 3.05) is 7.11 Å². The molecule has 3 aromatic heterocycles. The maximum Gasteiger partial charge on any atom is 0.263 e. The Morgan fingerprint density at radius 3 is 2.93 bits per heavy atom. The summed E-state index contributed by atoms with van der Waals surface area (Å²) >= 11 is 3.54. The van der Waals surface area contributed by atoms with Gasteiger partial charge in [0.25, 0.3) is 5.89 Å². The molecular weight excluding hydrogens is 426 g/mol. The number of ether oxygens (including phenoxy) is 1. The lowest BCUT2D eigenvalue weighted by molar-refractivity contribution is 0.203. The Labute approximate surface area is 168 Å². The van der Waals surface area contributed by atoms with Crippen LogP contribution in [0.25, 0.3) is 10.9 Å². The first-order valence-electron chi connectivity index (χ1n) is 8.24. The van der Waals surface area contributed by atoms with Gasteiger partial charge in [0, 0.05) is 22.3 Å². The number of hydrogen-bond acceptors (Lipinski definition) is 8. The molecule has 0 aliphatic carbocycles. The zero-order valence-electron chi connectivity index (χ0n) is 14.7. The standard InChI is InChI=1S/C19H14BrN5O3/c1-26-24-10-12-4-6-21-16(7-12)18(19-25-23-11-27-19)28-14-8-13-3-2-5-22-17(13)15(20)9-14/h2-11,18H,1H3/b24-10+. The third-order valence-corrected chi connectivity index (χ3v) is 4.47. The maximum atomic E-state index is 6.20. The number of aromatic nitrogens is 4. The van der Waals surface area contributed by atoms with Crippen molar-refractivity contribution in [2.24, 2.45) is 5.16 Å². The summed E-state index contributed by atoms with van der Waals surface area (Å²) in [5.41, 5.74) is 2.23. The zero-order valence-corrected chi connectivity index (χ0v) is 16.3. The summed E-state index contributed by atoms with van der Waals surface area (Å²) in [4.78, 5) is 13.5. The molecule has 9 heteroatoms. The van der Waals surface area contributed by atoms with Crippen molar-refractivity contribution in [1.29, 1.82) is 0 Å². The fraction of sp³-hybridized carbons (Fsp3) is 0.105. The van der Waals surface area contributed by atoms with Gasteiger partial charge in [-0.25, -0.2) is 0 Å². The van der Waals surface area contributed by atoms with Gasteiger partial charge in [0.05, 0.1) is 17.4 Å². The van der Waals surface area contributed by atoms with Gasteiger partial charge in [0.15, 0.2) is 0 Å². The normalized spacial score (nSPS) is 12.4. The Hall–Kier alpha value is -3.33. The number of halogens is 1. The molecule has 0 bridgehead atoms. The Bertz CT molecular complexity index is 1120. The highest BCUT2D eigenvalue weighted by atomic mass is 79.9. The number of rotatable bonds is 6. The number of oxime groups is 1. The van der Waals surface area contributed by atoms with Crippen LogP contribution in [0.2, 0.25) is 0 Å². The fourth-order valence-electron chi connectivity index (χ4n) is 2.66. The molecule has 3 heterocycles. The van der Waals surface area contributed by atoms with Crippen molar-refractivity contribution in [3.8, 4) is 5.75 Å². The second-order valence-electron chi connectivity index (χ2n) is 5.69. The highest BCUT2D eigenvalue weighted by Gasteiger charge is 2.24. The first-order chi connectivity index (χ1) is 13.7. The fourth-order valence-corrected chi connectivity index (χ4v) is 3.22. The molecule has 0 spiro atoms. The van der Waals surface area contributed by atoms with E-state index >= 15 is 0 Å². The van der Waals surface area contributed by atoms with Crippen LogP contribution >= 0.6 is 15.9 Å². The molecule has 0 N–H and O–H groups in total. The average Bonchev–Trinajstić information content (AvgIpc) is 3.25. The van der Waals surface area contributed by atoms with Crippen LogP contribution in [-0.2, 0) is 4.84 Å². The summed E-state index contributed by atoms with van der Waals surface area (Å²) in [6, 6.07) is 11.2. The topological polar surface area (TPSA) is 95.5 Å². The van der Waals surface area contributed by atoms with Crippen LogP contribution in [0.15, 0.2) is 69.2 Å². The molecule has 0 saturated carbocycles. The van der Waals surface area contributed by atoms with Crippen LogP contribution in [0.1, 0.15) is 23.3 Å². The Balaban J connectivity index is 1.73. The third kappa shape index (κ3) is 3.84. The number of nitrogens with zero attached hydrogens (tertiary/aromatic N) is 5. The molecule has 0 aliphatic heterocycles. The van der Waals surface area contributed by atoms with E-state index < -0.39 is 6.10 Å². The van der Waals surface area contributed by atoms with Gasteiger partial charge in [0.2, 0.25) is 12.5 Å². The van der Waals surface area contributed by atoms with Crippen LogP contribution in [0.5, 0.6) is 5.75 Å². The van der Waals surface area contributed by atoms with Crippen LogP contribution < -0.4 is 4.74 Å². The van der Waals surface area contributed by atoms with Gasteiger partial charge in [-0.05, 0) is 51.8 Å². The Morgan fingerprint density at radius 1 is 1.18 bits per heavy atom. The van der Waals surface area contributed by atoms with Crippen LogP contribution in [0, 0.1) is 0 Å². The molecule has 0 fully saturated rings. The smallest absolute Gasteiger partial charge is 0.263 e. The Morgan fingerprint density at radius 2 is 2.11 bits per heavy atom. The highest BCUT2D eigenvalue weighted by molar-refractivity contribution is 9.10. The summed E-state index contributed by atoms with van der Waals surface area (Å²) in [6.45, 7) is 0. The zero-order chi connectivity index (χ0) is 19.3. The molecule has 1 atom stereocenters. The van der Waals surface area contributed by atoms with Gasteiger partial charge in [-0.2, -0.15) is 0 Å². The summed E-state index contributed by atoms with van der Waals surface area (Å²) < 4.78 is 12.4. The van der Waals surface area contributed by atoms with Crippen LogP contribution in [0.4, 0.5) is 0 Å². The van der Waals surface area contributed by atoms with Gasteiger partial charge < -0.3 is 14.0 Å². The largest absolute Gasteiger partial charge is 0.474 e. The first kappa shape index (κ1) is 18.1. The average molecular weight is 440 g/mol. The Kier molecular flexibility index (Phi) is 5.24. The summed E-state index contributed by atoms with van der Waals surface area (Å²) in [6.07, 6.45) is 5.53. The molecule has 4 rings (SSSR count). The lowest BCUT2D eigenvalue weighted by Gasteiger charge is -2.16. The van der Waals surface area contributed by atoms with Crippen molar-refractivity contribution < 1.29 is 14.0 Å². The van der Waals surface area contributed by atoms with Crippen molar-refractivity contribution in [1.82, 2.24) is 20.2 Å². The molecule has 0 saturated heterocycles.